The van der Waals surface area contributed by atoms with Crippen molar-refractivity contribution in [1.82, 2.24) is 20.3 Å². The highest BCUT2D eigenvalue weighted by molar-refractivity contribution is 7.90. The standard InChI is InChI=1S/C30H45N5O10S2/c1-16-14-20(43-10)17(2)18(3)23(16)47(41,42)35-26(34-28(40)45-30(7,8)9)31-13-11-12-19(33-27(39)44-29(4,5)6)22(36)24-32-15-21(46-24)25(37)38/h14-15,19,22,36H,11-13H2,1-10H3,(H,33,39)(H,37,38)(H2,31,34,35,40). The number of sulfonamides is 1. The van der Waals surface area contributed by atoms with Gasteiger partial charge in [0.1, 0.15) is 32.9 Å². The van der Waals surface area contributed by atoms with Crippen molar-refractivity contribution in [2.45, 2.75) is 103 Å². The van der Waals surface area contributed by atoms with Gasteiger partial charge in [0, 0.05) is 6.54 Å². The highest BCUT2D eigenvalue weighted by Gasteiger charge is 2.29. The first-order valence-corrected chi connectivity index (χ1v) is 16.9. The number of hydrogen-bond acceptors (Lipinski definition) is 12. The second-order valence-corrected chi connectivity index (χ2v) is 15.3. The van der Waals surface area contributed by atoms with Gasteiger partial charge in [0.25, 0.3) is 10.0 Å². The van der Waals surface area contributed by atoms with Gasteiger partial charge in [-0.15, -0.1) is 11.3 Å². The Labute approximate surface area is 279 Å². The van der Waals surface area contributed by atoms with Crippen molar-refractivity contribution >= 4 is 45.5 Å². The maximum Gasteiger partial charge on any atom is 0.414 e. The molecule has 0 aliphatic carbocycles. The zero-order valence-corrected chi connectivity index (χ0v) is 29.9. The molecule has 262 valence electrons. The molecule has 0 saturated heterocycles. The van der Waals surface area contributed by atoms with Crippen LogP contribution in [0.25, 0.3) is 0 Å². The van der Waals surface area contributed by atoms with Crippen LogP contribution in [0.2, 0.25) is 0 Å². The third-order valence-corrected chi connectivity index (χ3v) is 9.01. The van der Waals surface area contributed by atoms with Crippen LogP contribution in [-0.4, -0.2) is 78.6 Å². The highest BCUT2D eigenvalue weighted by Crippen LogP contribution is 2.30. The van der Waals surface area contributed by atoms with E-state index < -0.39 is 57.5 Å². The molecule has 1 heterocycles. The number of nitrogens with zero attached hydrogens (tertiary/aromatic N) is 2. The van der Waals surface area contributed by atoms with Gasteiger partial charge in [-0.1, -0.05) is 0 Å². The van der Waals surface area contributed by atoms with Crippen LogP contribution < -0.4 is 20.1 Å². The smallest absolute Gasteiger partial charge is 0.414 e. The fraction of sp³-hybridized carbons (Fsp3) is 0.567. The number of aromatic nitrogens is 1. The van der Waals surface area contributed by atoms with Gasteiger partial charge in [-0.2, -0.15) is 0 Å². The van der Waals surface area contributed by atoms with Crippen molar-refractivity contribution in [3.8, 4) is 5.75 Å². The molecular weight excluding hydrogens is 654 g/mol. The Morgan fingerprint density at radius 3 is 2.15 bits per heavy atom. The summed E-state index contributed by atoms with van der Waals surface area (Å²) in [6, 6.07) is 0.611. The number of benzene rings is 1. The lowest BCUT2D eigenvalue weighted by atomic mass is 10.1. The number of amides is 2. The molecule has 2 aromatic rings. The van der Waals surface area contributed by atoms with Crippen LogP contribution in [0.15, 0.2) is 22.2 Å². The van der Waals surface area contributed by atoms with Gasteiger partial charge < -0.3 is 29.7 Å². The minimum absolute atomic E-state index is 0.0107. The number of alkyl carbamates (subject to hydrolysis) is 2. The molecule has 0 saturated carbocycles. The maximum absolute atomic E-state index is 13.6. The Morgan fingerprint density at radius 2 is 1.62 bits per heavy atom. The number of carbonyl (C=O) groups is 3. The second kappa shape index (κ2) is 15.8. The molecule has 0 spiro atoms. The summed E-state index contributed by atoms with van der Waals surface area (Å²) in [4.78, 5) is 44.7. The summed E-state index contributed by atoms with van der Waals surface area (Å²) < 4.78 is 45.5. The number of guanidine groups is 1. The predicted octanol–water partition coefficient (Wildman–Crippen LogP) is 4.34. The number of carboxylic acid groups (broad SMARTS) is 1. The van der Waals surface area contributed by atoms with Crippen LogP contribution >= 0.6 is 11.3 Å². The Kier molecular flexibility index (Phi) is 13.1. The molecule has 5 N–H and O–H groups in total. The number of aromatic carboxylic acids is 1. The Morgan fingerprint density at radius 1 is 1.02 bits per heavy atom. The SMILES string of the molecule is COc1cc(C)c(S(=O)(=O)NC(=NCCCC(NC(=O)OC(C)(C)C)C(O)c2ncc(C(=O)O)s2)NC(=O)OC(C)(C)C)c(C)c1C. The molecule has 0 fully saturated rings. The first-order valence-electron chi connectivity index (χ1n) is 14.6. The third kappa shape index (κ3) is 12.0. The zero-order valence-electron chi connectivity index (χ0n) is 28.3. The number of carboxylic acids is 1. The summed E-state index contributed by atoms with van der Waals surface area (Å²) in [6.07, 6.45) is -1.82. The van der Waals surface area contributed by atoms with Gasteiger partial charge in [-0.3, -0.25) is 10.3 Å². The van der Waals surface area contributed by atoms with Gasteiger partial charge in [0.05, 0.1) is 24.2 Å². The maximum atomic E-state index is 13.6. The topological polar surface area (TPSA) is 215 Å². The summed E-state index contributed by atoms with van der Waals surface area (Å²) >= 11 is 0.756. The van der Waals surface area contributed by atoms with Gasteiger partial charge in [-0.25, -0.2) is 32.5 Å². The van der Waals surface area contributed by atoms with E-state index in [1.165, 1.54) is 7.11 Å². The normalized spacial score (nSPS) is 13.7. The van der Waals surface area contributed by atoms with Gasteiger partial charge in [-0.05, 0) is 97.9 Å². The Balaban J connectivity index is 2.36. The average molecular weight is 700 g/mol. The highest BCUT2D eigenvalue weighted by atomic mass is 32.2. The lowest BCUT2D eigenvalue weighted by molar-refractivity contribution is 0.0411. The van der Waals surface area contributed by atoms with E-state index in [0.717, 1.165) is 17.5 Å². The van der Waals surface area contributed by atoms with Gasteiger partial charge >= 0.3 is 18.2 Å². The zero-order chi connectivity index (χ0) is 35.9. The third-order valence-electron chi connectivity index (χ3n) is 6.33. The molecule has 0 radical (unpaired) electrons. The van der Waals surface area contributed by atoms with E-state index in [2.05, 4.69) is 25.3 Å². The number of nitrogens with one attached hydrogen (secondary N) is 3. The molecule has 17 heteroatoms. The Bertz CT molecular complexity index is 1590. The molecule has 0 aliphatic rings. The summed E-state index contributed by atoms with van der Waals surface area (Å²) in [5.41, 5.74) is -0.243. The molecule has 2 unspecified atom stereocenters. The van der Waals surface area contributed by atoms with Crippen molar-refractivity contribution in [1.29, 1.82) is 0 Å². The number of aliphatic imine (C=N–C) groups is 1. The number of aliphatic hydroxyl groups excluding tert-OH is 1. The van der Waals surface area contributed by atoms with E-state index in [1.54, 1.807) is 68.4 Å². The molecule has 15 nitrogen and oxygen atoms in total. The lowest BCUT2D eigenvalue weighted by Crippen LogP contribution is -2.46. The lowest BCUT2D eigenvalue weighted by Gasteiger charge is -2.26. The summed E-state index contributed by atoms with van der Waals surface area (Å²) in [5, 5.41) is 25.3. The minimum atomic E-state index is -4.27. The molecule has 2 atom stereocenters. The van der Waals surface area contributed by atoms with Crippen LogP contribution in [0, 0.1) is 20.8 Å². The molecule has 2 rings (SSSR count). The number of ether oxygens (including phenoxy) is 3. The summed E-state index contributed by atoms with van der Waals surface area (Å²) in [5.74, 6) is -1.10. The number of thiazole rings is 1. The van der Waals surface area contributed by atoms with Crippen molar-refractivity contribution in [3.63, 3.8) is 0 Å². The monoisotopic (exact) mass is 699 g/mol. The van der Waals surface area contributed by atoms with Crippen LogP contribution in [0.1, 0.15) is 91.9 Å². The molecule has 47 heavy (non-hydrogen) atoms. The molecule has 1 aromatic heterocycles. The number of carbonyl (C=O) groups excluding carboxylic acids is 2. The number of aryl methyl sites for hydroxylation is 1. The minimum Gasteiger partial charge on any atom is -0.496 e. The van der Waals surface area contributed by atoms with Gasteiger partial charge in [0.15, 0.2) is 0 Å². The van der Waals surface area contributed by atoms with Crippen LogP contribution in [0.5, 0.6) is 5.75 Å². The first kappa shape index (κ1) is 39.2. The second-order valence-electron chi connectivity index (χ2n) is 12.6. The van der Waals surface area contributed by atoms with E-state index in [0.29, 0.717) is 22.4 Å². The van der Waals surface area contributed by atoms with E-state index in [1.807, 2.05) is 0 Å². The fourth-order valence-corrected chi connectivity index (χ4v) is 6.61. The quantitative estimate of drug-likeness (QED) is 0.126. The number of methoxy groups -OCH3 is 1. The Hall–Kier alpha value is -3.96. The predicted molar refractivity (Wildman–Crippen MR) is 176 cm³/mol. The number of rotatable bonds is 11. The summed E-state index contributed by atoms with van der Waals surface area (Å²) in [7, 11) is -2.79. The van der Waals surface area contributed by atoms with Crippen LogP contribution in [0.4, 0.5) is 9.59 Å². The summed E-state index contributed by atoms with van der Waals surface area (Å²) in [6.45, 7) is 14.8. The molecule has 2 amide bonds. The van der Waals surface area contributed by atoms with Crippen molar-refractivity contribution in [2.75, 3.05) is 13.7 Å². The number of hydrogen-bond donors (Lipinski definition) is 5. The number of aliphatic hydroxyl groups is 1. The largest absolute Gasteiger partial charge is 0.496 e. The molecule has 1 aromatic carbocycles. The average Bonchev–Trinajstić information content (AvgIpc) is 3.40. The van der Waals surface area contributed by atoms with Gasteiger partial charge in [0.2, 0.25) is 5.96 Å². The van der Waals surface area contributed by atoms with Crippen LogP contribution in [0.3, 0.4) is 0 Å². The van der Waals surface area contributed by atoms with E-state index in [-0.39, 0.29) is 34.2 Å². The fourth-order valence-electron chi connectivity index (χ4n) is 4.29. The van der Waals surface area contributed by atoms with E-state index >= 15 is 0 Å². The van der Waals surface area contributed by atoms with Crippen molar-refractivity contribution in [2.24, 2.45) is 4.99 Å². The van der Waals surface area contributed by atoms with Crippen LogP contribution in [-0.2, 0) is 19.5 Å². The molecule has 0 bridgehead atoms. The molecule has 0 aliphatic heterocycles. The van der Waals surface area contributed by atoms with E-state index in [4.69, 9.17) is 14.2 Å². The first-order chi connectivity index (χ1) is 21.5. The van der Waals surface area contributed by atoms with Crippen molar-refractivity contribution < 1.29 is 47.2 Å². The molecular formula is C30H45N5O10S2. The van der Waals surface area contributed by atoms with E-state index in [9.17, 15) is 33.0 Å². The van der Waals surface area contributed by atoms with Crippen molar-refractivity contribution in [3.05, 3.63) is 38.8 Å².